The fraction of sp³-hybridized carbons (Fsp3) is 0.300. The Labute approximate surface area is 111 Å². The van der Waals surface area contributed by atoms with Gasteiger partial charge < -0.3 is 5.32 Å². The van der Waals surface area contributed by atoms with Crippen molar-refractivity contribution < 1.29 is 9.18 Å². The Morgan fingerprint density at radius 1 is 1.62 bits per heavy atom. The maximum absolute atomic E-state index is 12.9. The highest BCUT2D eigenvalue weighted by Crippen LogP contribution is 2.31. The maximum Gasteiger partial charge on any atom is 0.228 e. The first-order valence-electron chi connectivity index (χ1n) is 4.47. The van der Waals surface area contributed by atoms with Gasteiger partial charge in [0.25, 0.3) is 0 Å². The highest BCUT2D eigenvalue weighted by atomic mass is 79.9. The van der Waals surface area contributed by atoms with E-state index in [1.807, 2.05) is 0 Å². The van der Waals surface area contributed by atoms with Gasteiger partial charge in [0.15, 0.2) is 0 Å². The summed E-state index contributed by atoms with van der Waals surface area (Å²) in [5, 5.41) is 2.73. The number of carbonyl (C=O) groups excluding carboxylic acids is 1. The Kier molecular flexibility index (Phi) is 5.02. The van der Waals surface area contributed by atoms with Crippen LogP contribution in [0.4, 0.5) is 10.1 Å². The number of nitrogens with one attached hydrogen (secondary N) is 1. The van der Waals surface area contributed by atoms with Crippen LogP contribution in [0.2, 0.25) is 5.02 Å². The van der Waals surface area contributed by atoms with Crippen LogP contribution in [0.1, 0.15) is 6.92 Å². The molecule has 1 amide bonds. The Bertz CT molecular complexity index is 391. The molecule has 1 rings (SSSR count). The zero-order chi connectivity index (χ0) is 12.3. The van der Waals surface area contributed by atoms with E-state index in [4.69, 9.17) is 23.2 Å². The molecule has 6 heteroatoms. The number of rotatable bonds is 3. The molecule has 2 nitrogen and oxygen atoms in total. The van der Waals surface area contributed by atoms with Gasteiger partial charge >= 0.3 is 0 Å². The molecular weight excluding hydrogens is 320 g/mol. The molecule has 1 N–H and O–H groups in total. The number of alkyl halides is 1. The van der Waals surface area contributed by atoms with Gasteiger partial charge in [-0.1, -0.05) is 18.5 Å². The van der Waals surface area contributed by atoms with Crippen molar-refractivity contribution in [3.05, 3.63) is 27.4 Å². The molecule has 0 radical (unpaired) electrons. The van der Waals surface area contributed by atoms with Crippen LogP contribution < -0.4 is 5.32 Å². The van der Waals surface area contributed by atoms with Gasteiger partial charge in [-0.05, 0) is 28.1 Å². The van der Waals surface area contributed by atoms with Crippen molar-refractivity contribution in [1.82, 2.24) is 0 Å². The second kappa shape index (κ2) is 5.84. The molecule has 0 fully saturated rings. The number of amides is 1. The third kappa shape index (κ3) is 3.34. The summed E-state index contributed by atoms with van der Waals surface area (Å²) in [7, 11) is 0. The summed E-state index contributed by atoms with van der Waals surface area (Å²) in [4.78, 5) is 11.6. The van der Waals surface area contributed by atoms with E-state index in [2.05, 4.69) is 21.2 Å². The predicted molar refractivity (Wildman–Crippen MR) is 67.6 cm³/mol. The van der Waals surface area contributed by atoms with Gasteiger partial charge in [-0.15, -0.1) is 11.6 Å². The molecule has 1 atom stereocenters. The van der Waals surface area contributed by atoms with Crippen LogP contribution in [0.25, 0.3) is 0 Å². The average Bonchev–Trinajstić information content (AvgIpc) is 2.21. The highest BCUT2D eigenvalue weighted by Gasteiger charge is 2.15. The first-order valence-corrected chi connectivity index (χ1v) is 6.17. The summed E-state index contributed by atoms with van der Waals surface area (Å²) in [6.45, 7) is 1.69. The zero-order valence-electron chi connectivity index (χ0n) is 8.36. The number of halogens is 4. The standard InChI is InChI=1S/C10H9BrCl2FNO/c1-5(4-12)10(16)15-9-7(11)2-6(14)3-8(9)13/h2-3,5H,4H2,1H3,(H,15,16). The van der Waals surface area contributed by atoms with Gasteiger partial charge in [0, 0.05) is 16.3 Å². The van der Waals surface area contributed by atoms with Crippen LogP contribution >= 0.6 is 39.1 Å². The fourth-order valence-corrected chi connectivity index (χ4v) is 2.02. The van der Waals surface area contributed by atoms with Gasteiger partial charge in [0.2, 0.25) is 5.91 Å². The van der Waals surface area contributed by atoms with E-state index in [9.17, 15) is 9.18 Å². The van der Waals surface area contributed by atoms with Crippen LogP contribution in [-0.2, 0) is 4.79 Å². The Morgan fingerprint density at radius 3 is 2.75 bits per heavy atom. The van der Waals surface area contributed by atoms with Gasteiger partial charge in [-0.2, -0.15) is 0 Å². The minimum Gasteiger partial charge on any atom is -0.324 e. The van der Waals surface area contributed by atoms with Crippen LogP contribution in [0, 0.1) is 11.7 Å². The normalized spacial score (nSPS) is 12.3. The molecule has 0 bridgehead atoms. The number of anilines is 1. The molecule has 0 aliphatic heterocycles. The molecule has 1 unspecified atom stereocenters. The highest BCUT2D eigenvalue weighted by molar-refractivity contribution is 9.10. The molecule has 88 valence electrons. The number of carbonyl (C=O) groups is 1. The topological polar surface area (TPSA) is 29.1 Å². The second-order valence-corrected chi connectivity index (χ2v) is 4.86. The maximum atomic E-state index is 12.9. The van der Waals surface area contributed by atoms with Crippen LogP contribution in [0.5, 0.6) is 0 Å². The Hall–Kier alpha value is -0.320. The quantitative estimate of drug-likeness (QED) is 0.833. The number of hydrogen-bond acceptors (Lipinski definition) is 1. The van der Waals surface area contributed by atoms with E-state index >= 15 is 0 Å². The lowest BCUT2D eigenvalue weighted by atomic mass is 10.2. The fourth-order valence-electron chi connectivity index (χ4n) is 0.978. The average molecular weight is 329 g/mol. The van der Waals surface area contributed by atoms with Crippen molar-refractivity contribution in [2.75, 3.05) is 11.2 Å². The molecule has 1 aromatic carbocycles. The molecule has 0 spiro atoms. The van der Waals surface area contributed by atoms with Crippen molar-refractivity contribution in [2.24, 2.45) is 5.92 Å². The van der Waals surface area contributed by atoms with Crippen molar-refractivity contribution in [3.8, 4) is 0 Å². The molecular formula is C10H9BrCl2FNO. The predicted octanol–water partition coefficient (Wildman–Crippen LogP) is 4.06. The molecule has 0 heterocycles. The van der Waals surface area contributed by atoms with E-state index in [1.54, 1.807) is 6.92 Å². The summed E-state index contributed by atoms with van der Waals surface area (Å²) in [6.07, 6.45) is 0. The van der Waals surface area contributed by atoms with E-state index in [1.165, 1.54) is 6.07 Å². The summed E-state index contributed by atoms with van der Waals surface area (Å²) in [6, 6.07) is 2.36. The zero-order valence-corrected chi connectivity index (χ0v) is 11.5. The van der Waals surface area contributed by atoms with E-state index in [0.29, 0.717) is 10.2 Å². The Morgan fingerprint density at radius 2 is 2.25 bits per heavy atom. The third-order valence-electron chi connectivity index (χ3n) is 1.93. The van der Waals surface area contributed by atoms with Crippen molar-refractivity contribution in [1.29, 1.82) is 0 Å². The molecule has 16 heavy (non-hydrogen) atoms. The lowest BCUT2D eigenvalue weighted by molar-refractivity contribution is -0.118. The first kappa shape index (κ1) is 13.7. The first-order chi connectivity index (χ1) is 7.45. The smallest absolute Gasteiger partial charge is 0.228 e. The lowest BCUT2D eigenvalue weighted by Crippen LogP contribution is -2.21. The lowest BCUT2D eigenvalue weighted by Gasteiger charge is -2.12. The van der Waals surface area contributed by atoms with Gasteiger partial charge in [0.05, 0.1) is 10.7 Å². The molecule has 0 aliphatic rings. The van der Waals surface area contributed by atoms with E-state index < -0.39 is 5.82 Å². The third-order valence-corrected chi connectivity index (χ3v) is 3.32. The Balaban J connectivity index is 2.93. The summed E-state index contributed by atoms with van der Waals surface area (Å²) in [5.74, 6) is -0.860. The van der Waals surface area contributed by atoms with Crippen molar-refractivity contribution in [2.45, 2.75) is 6.92 Å². The number of hydrogen-bond donors (Lipinski definition) is 1. The van der Waals surface area contributed by atoms with Crippen molar-refractivity contribution >= 4 is 50.7 Å². The van der Waals surface area contributed by atoms with Crippen LogP contribution in [0.3, 0.4) is 0 Å². The van der Waals surface area contributed by atoms with Gasteiger partial charge in [-0.25, -0.2) is 4.39 Å². The monoisotopic (exact) mass is 327 g/mol. The summed E-state index contributed by atoms with van der Waals surface area (Å²) in [5.41, 5.74) is 0.352. The molecule has 0 saturated carbocycles. The molecule has 0 aromatic heterocycles. The van der Waals surface area contributed by atoms with Crippen LogP contribution in [0.15, 0.2) is 16.6 Å². The van der Waals surface area contributed by atoms with Gasteiger partial charge in [-0.3, -0.25) is 4.79 Å². The van der Waals surface area contributed by atoms with Gasteiger partial charge in [0.1, 0.15) is 5.82 Å². The second-order valence-electron chi connectivity index (χ2n) is 3.29. The SMILES string of the molecule is CC(CCl)C(=O)Nc1c(Cl)cc(F)cc1Br. The molecule has 0 saturated heterocycles. The minimum atomic E-state index is -0.472. The minimum absolute atomic E-state index is 0.141. The number of benzene rings is 1. The van der Waals surface area contributed by atoms with E-state index in [0.717, 1.165) is 6.07 Å². The van der Waals surface area contributed by atoms with Crippen LogP contribution in [-0.4, -0.2) is 11.8 Å². The summed E-state index contributed by atoms with van der Waals surface area (Å²) < 4.78 is 13.3. The van der Waals surface area contributed by atoms with Crippen molar-refractivity contribution in [3.63, 3.8) is 0 Å². The largest absolute Gasteiger partial charge is 0.324 e. The molecule has 1 aromatic rings. The molecule has 0 aliphatic carbocycles. The summed E-state index contributed by atoms with van der Waals surface area (Å²) >= 11 is 14.5. The van der Waals surface area contributed by atoms with E-state index in [-0.39, 0.29) is 22.7 Å².